The number of nitrogens with zero attached hydrogens (tertiary/aromatic N) is 9. The average Bonchev–Trinajstić information content (AvgIpc) is 3.59. The van der Waals surface area contributed by atoms with Gasteiger partial charge in [-0.05, 0) is 44.5 Å². The Bertz CT molecular complexity index is 1680. The second-order valence-electron chi connectivity index (χ2n) is 10.9. The van der Waals surface area contributed by atoms with E-state index in [4.69, 9.17) is 15.1 Å². The summed E-state index contributed by atoms with van der Waals surface area (Å²) >= 11 is 1.30. The van der Waals surface area contributed by atoms with Crippen LogP contribution in [0.5, 0.6) is 0 Å². The Morgan fingerprint density at radius 1 is 1.16 bits per heavy atom. The van der Waals surface area contributed by atoms with Crippen LogP contribution in [0.25, 0.3) is 16.9 Å². The lowest BCUT2D eigenvalue weighted by Crippen LogP contribution is -2.57. The quantitative estimate of drug-likeness (QED) is 0.324. The molecule has 11 nitrogen and oxygen atoms in total. The Balaban J connectivity index is 1.29. The van der Waals surface area contributed by atoms with E-state index in [0.717, 1.165) is 54.7 Å². The molecule has 43 heavy (non-hydrogen) atoms. The van der Waals surface area contributed by atoms with Gasteiger partial charge in [-0.15, -0.1) is 0 Å². The number of carbonyl (C=O) groups excluding carboxylic acids is 1. The van der Waals surface area contributed by atoms with Gasteiger partial charge in [-0.25, -0.2) is 18.9 Å². The van der Waals surface area contributed by atoms with Gasteiger partial charge in [-0.1, -0.05) is 18.3 Å². The second-order valence-corrected chi connectivity index (χ2v) is 11.9. The van der Waals surface area contributed by atoms with Gasteiger partial charge in [0.1, 0.15) is 34.0 Å². The molecular formula is C30H34FN9O2S. The number of hydrogen-bond acceptors (Lipinski definition) is 10. The summed E-state index contributed by atoms with van der Waals surface area (Å²) in [5.41, 5.74) is 4.63. The summed E-state index contributed by atoms with van der Waals surface area (Å²) < 4.78 is 15.5. The molecule has 4 aromatic rings. The number of thiazole rings is 1. The molecule has 0 bridgehead atoms. The number of anilines is 3. The Hall–Kier alpha value is -4.12. The van der Waals surface area contributed by atoms with Crippen molar-refractivity contribution in [3.05, 3.63) is 52.4 Å². The van der Waals surface area contributed by atoms with E-state index in [1.165, 1.54) is 23.5 Å². The van der Waals surface area contributed by atoms with Gasteiger partial charge in [-0.3, -0.25) is 9.69 Å². The fourth-order valence-electron chi connectivity index (χ4n) is 5.63. The van der Waals surface area contributed by atoms with Crippen molar-refractivity contribution in [2.45, 2.75) is 33.3 Å². The third kappa shape index (κ3) is 5.53. The number of amides is 1. The third-order valence-electron chi connectivity index (χ3n) is 8.06. The molecule has 2 aliphatic rings. The van der Waals surface area contributed by atoms with Crippen molar-refractivity contribution >= 4 is 39.5 Å². The van der Waals surface area contributed by atoms with Gasteiger partial charge in [0.05, 0.1) is 18.3 Å². The highest BCUT2D eigenvalue weighted by Crippen LogP contribution is 2.39. The summed E-state index contributed by atoms with van der Waals surface area (Å²) in [4.78, 5) is 31.1. The first kappa shape index (κ1) is 29.0. The number of nitriles is 1. The number of rotatable bonds is 8. The fourth-order valence-corrected chi connectivity index (χ4v) is 6.59. The van der Waals surface area contributed by atoms with Crippen LogP contribution >= 0.6 is 11.3 Å². The molecule has 2 fully saturated rings. The minimum absolute atomic E-state index is 0.0640. The number of likely N-dealkylation sites (tertiary alicyclic amines) is 1. The maximum absolute atomic E-state index is 13.6. The molecule has 0 atom stereocenters. The first-order valence-electron chi connectivity index (χ1n) is 14.6. The van der Waals surface area contributed by atoms with Crippen LogP contribution in [0.1, 0.15) is 30.1 Å². The largest absolute Gasteiger partial charge is 0.389 e. The van der Waals surface area contributed by atoms with E-state index in [1.54, 1.807) is 17.0 Å². The molecule has 0 spiro atoms. The van der Waals surface area contributed by atoms with E-state index in [0.29, 0.717) is 53.9 Å². The zero-order valence-electron chi connectivity index (χ0n) is 24.5. The molecule has 0 radical (unpaired) electrons. The molecular weight excluding hydrogens is 569 g/mol. The Morgan fingerprint density at radius 3 is 2.51 bits per heavy atom. The van der Waals surface area contributed by atoms with Crippen LogP contribution in [0.3, 0.4) is 0 Å². The van der Waals surface area contributed by atoms with Crippen LogP contribution in [-0.4, -0.2) is 98.9 Å². The number of halogens is 1. The van der Waals surface area contributed by atoms with E-state index in [9.17, 15) is 19.6 Å². The van der Waals surface area contributed by atoms with E-state index < -0.39 is 6.10 Å². The van der Waals surface area contributed by atoms with Crippen LogP contribution in [0.4, 0.5) is 21.0 Å². The lowest BCUT2D eigenvalue weighted by atomic mass is 10.1. The molecule has 0 saturated carbocycles. The summed E-state index contributed by atoms with van der Waals surface area (Å²) in [5, 5.41) is 25.0. The maximum Gasteiger partial charge on any atom is 0.236 e. The summed E-state index contributed by atoms with van der Waals surface area (Å²) in [6, 6.07) is 10.3. The number of carbonyl (C=O) groups is 1. The van der Waals surface area contributed by atoms with Crippen LogP contribution in [0.15, 0.2) is 30.3 Å². The number of β-amino-alcohol motifs (C(OH)–C–C–N with tert-alkyl or cyclic N) is 1. The van der Waals surface area contributed by atoms with Crippen molar-refractivity contribution in [2.24, 2.45) is 0 Å². The number of piperazine rings is 1. The van der Waals surface area contributed by atoms with Crippen LogP contribution < -0.4 is 9.80 Å². The summed E-state index contributed by atoms with van der Waals surface area (Å²) in [6.07, 6.45) is 0.294. The molecule has 1 amide bonds. The van der Waals surface area contributed by atoms with Gasteiger partial charge in [0.25, 0.3) is 0 Å². The third-order valence-corrected chi connectivity index (χ3v) is 9.04. The van der Waals surface area contributed by atoms with Gasteiger partial charge in [0.15, 0.2) is 10.8 Å². The first-order chi connectivity index (χ1) is 20.8. The molecule has 2 saturated heterocycles. The lowest BCUT2D eigenvalue weighted by molar-refractivity contribution is -0.142. The van der Waals surface area contributed by atoms with E-state index in [2.05, 4.69) is 27.7 Å². The number of aryl methyl sites for hydroxylation is 2. The molecule has 5 heterocycles. The summed E-state index contributed by atoms with van der Waals surface area (Å²) in [7, 11) is 0. The Morgan fingerprint density at radius 2 is 1.88 bits per heavy atom. The van der Waals surface area contributed by atoms with Crippen LogP contribution in [-0.2, 0) is 11.2 Å². The van der Waals surface area contributed by atoms with Gasteiger partial charge < -0.3 is 19.8 Å². The van der Waals surface area contributed by atoms with Crippen molar-refractivity contribution in [2.75, 3.05) is 62.2 Å². The van der Waals surface area contributed by atoms with Crippen LogP contribution in [0.2, 0.25) is 0 Å². The molecule has 1 aromatic carbocycles. The van der Waals surface area contributed by atoms with Crippen molar-refractivity contribution in [1.82, 2.24) is 29.4 Å². The minimum atomic E-state index is -0.392. The smallest absolute Gasteiger partial charge is 0.236 e. The number of fused-ring (bicyclic) bond motifs is 1. The van der Waals surface area contributed by atoms with Crippen molar-refractivity contribution in [1.29, 1.82) is 5.26 Å². The summed E-state index contributed by atoms with van der Waals surface area (Å²) in [5.74, 6) is 0.575. The predicted molar refractivity (Wildman–Crippen MR) is 163 cm³/mol. The number of aliphatic hydroxyl groups is 1. The molecule has 0 unspecified atom stereocenters. The molecule has 6 rings (SSSR count). The van der Waals surface area contributed by atoms with E-state index >= 15 is 0 Å². The molecule has 1 N–H and O–H groups in total. The number of benzene rings is 1. The Labute approximate surface area is 253 Å². The minimum Gasteiger partial charge on any atom is -0.389 e. The van der Waals surface area contributed by atoms with Crippen molar-refractivity contribution < 1.29 is 14.3 Å². The average molecular weight is 604 g/mol. The normalized spacial score (nSPS) is 16.0. The standard InChI is InChI=1S/C30H34FN9O2S/c1-4-23-28(39(5-2)30-34-27(24(15-32)43-30)20-6-8-21(31)9-7-20)29-33-25(14-19(3)40(29)35-23)37-12-10-36(11-13-37)18-26(42)38-16-22(41)17-38/h6-9,14,22,41H,4-5,10-13,16-18H2,1-3H3. The monoisotopic (exact) mass is 603 g/mol. The molecule has 3 aromatic heterocycles. The van der Waals surface area contributed by atoms with Crippen LogP contribution in [0, 0.1) is 24.1 Å². The van der Waals surface area contributed by atoms with E-state index in [1.807, 2.05) is 24.4 Å². The maximum atomic E-state index is 13.6. The highest BCUT2D eigenvalue weighted by molar-refractivity contribution is 7.16. The number of aromatic nitrogens is 4. The topological polar surface area (TPSA) is 117 Å². The first-order valence-corrected chi connectivity index (χ1v) is 15.4. The number of hydrogen-bond donors (Lipinski definition) is 1. The van der Waals surface area contributed by atoms with Gasteiger partial charge in [-0.2, -0.15) is 10.4 Å². The van der Waals surface area contributed by atoms with Gasteiger partial charge in [0, 0.05) is 63.1 Å². The highest BCUT2D eigenvalue weighted by Gasteiger charge is 2.31. The lowest BCUT2D eigenvalue weighted by Gasteiger charge is -2.39. The zero-order valence-corrected chi connectivity index (χ0v) is 25.3. The molecule has 13 heteroatoms. The Kier molecular flexibility index (Phi) is 8.00. The molecule has 0 aliphatic carbocycles. The zero-order chi connectivity index (χ0) is 30.2. The summed E-state index contributed by atoms with van der Waals surface area (Å²) in [6.45, 7) is 10.9. The predicted octanol–water partition coefficient (Wildman–Crippen LogP) is 3.22. The highest BCUT2D eigenvalue weighted by atomic mass is 32.1. The second kappa shape index (κ2) is 11.9. The van der Waals surface area contributed by atoms with Gasteiger partial charge >= 0.3 is 0 Å². The van der Waals surface area contributed by atoms with E-state index in [-0.39, 0.29) is 11.7 Å². The number of aliphatic hydroxyl groups excluding tert-OH is 1. The van der Waals surface area contributed by atoms with Crippen molar-refractivity contribution in [3.63, 3.8) is 0 Å². The molecule has 224 valence electrons. The fraction of sp³-hybridized carbons (Fsp3) is 0.433. The van der Waals surface area contributed by atoms with Crippen molar-refractivity contribution in [3.8, 4) is 17.3 Å². The molecule has 2 aliphatic heterocycles. The van der Waals surface area contributed by atoms with Gasteiger partial charge in [0.2, 0.25) is 5.91 Å². The SMILES string of the molecule is CCc1nn2c(C)cc(N3CCN(CC(=O)N4CC(O)C4)CC3)nc2c1N(CC)c1nc(-c2ccc(F)cc2)c(C#N)s1.